The maximum Gasteiger partial charge on any atom is 0.315 e. The molecule has 0 aromatic rings. The van der Waals surface area contributed by atoms with Crippen molar-refractivity contribution in [3.8, 4) is 0 Å². The molecule has 0 aromatic heterocycles. The van der Waals surface area contributed by atoms with Crippen LogP contribution in [0.1, 0.15) is 135 Å². The molecular weight excluding hydrogens is 646 g/mol. The maximum atomic E-state index is 14.6. The summed E-state index contributed by atoms with van der Waals surface area (Å²) < 4.78 is 76.2. The van der Waals surface area contributed by atoms with Crippen LogP contribution >= 0.6 is 0 Å². The molecule has 4 fully saturated rings. The predicted octanol–water partition coefficient (Wildman–Crippen LogP) is 3.62. The lowest BCUT2D eigenvalue weighted by Crippen LogP contribution is -2.64. The summed E-state index contributed by atoms with van der Waals surface area (Å²) in [5.41, 5.74) is -3.44. The molecule has 0 radical (unpaired) electrons. The smallest absolute Gasteiger partial charge is 0.315 e. The lowest BCUT2D eigenvalue weighted by Gasteiger charge is -2.41. The second kappa shape index (κ2) is 14.1. The Balaban J connectivity index is 1.63. The monoisotopic (exact) mass is 713 g/mol. The minimum absolute atomic E-state index is 0.0586. The first kappa shape index (κ1) is 31.1. The Hall–Kier alpha value is -2.70. The van der Waals surface area contributed by atoms with Crippen molar-refractivity contribution in [2.45, 2.75) is 161 Å². The van der Waals surface area contributed by atoms with Gasteiger partial charge in [-0.2, -0.15) is 0 Å². The van der Waals surface area contributed by atoms with Gasteiger partial charge in [0.2, 0.25) is 17.6 Å². The number of amides is 5. The topological polar surface area (TPSA) is 171 Å². The molecule has 4 N–H and O–H groups in total. The molecule has 0 unspecified atom stereocenters. The van der Waals surface area contributed by atoms with Crippen LogP contribution in [0.25, 0.3) is 0 Å². The molecule has 3 aliphatic carbocycles. The van der Waals surface area contributed by atoms with Gasteiger partial charge >= 0.3 is 6.03 Å². The van der Waals surface area contributed by atoms with E-state index in [4.69, 9.17) is 8.22 Å². The first-order valence-corrected chi connectivity index (χ1v) is 19.2. The van der Waals surface area contributed by atoms with E-state index in [-0.39, 0.29) is 36.3 Å². The summed E-state index contributed by atoms with van der Waals surface area (Å²) in [7, 11) is -4.15. The number of carbonyl (C=O) groups is 5. The highest BCUT2D eigenvalue weighted by Gasteiger charge is 2.70. The van der Waals surface area contributed by atoms with Gasteiger partial charge in [0.1, 0.15) is 12.1 Å². The van der Waals surface area contributed by atoms with Gasteiger partial charge in [-0.1, -0.05) is 73.5 Å². The number of rotatable bonds is 13. The van der Waals surface area contributed by atoms with Crippen molar-refractivity contribution in [1.82, 2.24) is 26.2 Å². The largest absolute Gasteiger partial charge is 0.347 e. The van der Waals surface area contributed by atoms with Gasteiger partial charge in [-0.15, -0.1) is 0 Å². The second-order valence-electron chi connectivity index (χ2n) is 17.1. The van der Waals surface area contributed by atoms with E-state index >= 15 is 0 Å². The Morgan fingerprint density at radius 2 is 1.57 bits per heavy atom. The summed E-state index contributed by atoms with van der Waals surface area (Å²) in [5.74, 6) is -3.99. The maximum absolute atomic E-state index is 14.6. The van der Waals surface area contributed by atoms with Gasteiger partial charge in [0.15, 0.2) is 9.84 Å². The van der Waals surface area contributed by atoms with Crippen LogP contribution < -0.4 is 21.3 Å². The van der Waals surface area contributed by atoms with E-state index in [0.29, 0.717) is 12.8 Å². The molecular formula is C36H61N5O7S. The van der Waals surface area contributed by atoms with Crippen LogP contribution in [-0.4, -0.2) is 89.6 Å². The SMILES string of the molecule is [2H]C1([2H])CC(CS(=O)(=O)C(C)(C)C)(NC(=O)N[C@H](C(=O)N2C[C@H]3[C@@H]([C@H]2C(=O)N[C@@H](CCCC)C(=O)C(=O)NC2CC2)C3(C)C)C(C)(C)C)CC([2H])([2H])C1([2H])[2H]. The Bertz CT molecular complexity index is 1650. The van der Waals surface area contributed by atoms with E-state index in [1.165, 1.54) is 25.7 Å². The quantitative estimate of drug-likeness (QED) is 0.211. The fourth-order valence-electron chi connectivity index (χ4n) is 6.97. The van der Waals surface area contributed by atoms with Crippen molar-refractivity contribution in [2.75, 3.05) is 12.3 Å². The summed E-state index contributed by atoms with van der Waals surface area (Å²) in [6.45, 7) is 15.3. The number of likely N-dealkylation sites (tertiary alicyclic amines) is 1. The number of ketones is 1. The molecule has 1 aliphatic heterocycles. The molecule has 0 spiro atoms. The number of fused-ring (bicyclic) bond motifs is 1. The number of piperidine rings is 1. The van der Waals surface area contributed by atoms with Gasteiger partial charge in [-0.3, -0.25) is 19.2 Å². The summed E-state index contributed by atoms with van der Waals surface area (Å²) in [4.78, 5) is 70.1. The second-order valence-corrected chi connectivity index (χ2v) is 19.8. The summed E-state index contributed by atoms with van der Waals surface area (Å²) in [6.07, 6.45) is -7.52. The zero-order valence-electron chi connectivity index (χ0n) is 36.5. The van der Waals surface area contributed by atoms with Crippen molar-refractivity contribution in [1.29, 1.82) is 0 Å². The van der Waals surface area contributed by atoms with E-state index in [2.05, 4.69) is 21.3 Å². The Morgan fingerprint density at radius 1 is 0.959 bits per heavy atom. The zero-order chi connectivity index (χ0) is 42.1. The van der Waals surface area contributed by atoms with Gasteiger partial charge in [-0.05, 0) is 75.5 Å². The highest BCUT2D eigenvalue weighted by atomic mass is 32.2. The molecule has 4 rings (SSSR count). The highest BCUT2D eigenvalue weighted by Crippen LogP contribution is 2.65. The Kier molecular flexibility index (Phi) is 8.96. The summed E-state index contributed by atoms with van der Waals surface area (Å²) >= 11 is 0. The molecule has 12 nitrogen and oxygen atoms in total. The van der Waals surface area contributed by atoms with Crippen LogP contribution in [-0.2, 0) is 29.0 Å². The fourth-order valence-corrected chi connectivity index (χ4v) is 8.41. The number of urea groups is 1. The average molecular weight is 714 g/mol. The molecule has 49 heavy (non-hydrogen) atoms. The van der Waals surface area contributed by atoms with Crippen molar-refractivity contribution >= 4 is 39.4 Å². The van der Waals surface area contributed by atoms with Crippen molar-refractivity contribution in [3.63, 3.8) is 0 Å². The van der Waals surface area contributed by atoms with E-state index < -0.39 is 111 Å². The molecule has 13 heteroatoms. The number of unbranched alkanes of at least 4 members (excludes halogenated alkanes) is 1. The average Bonchev–Trinajstić information content (AvgIpc) is 3.85. The van der Waals surface area contributed by atoms with Crippen LogP contribution in [0.5, 0.6) is 0 Å². The number of hydrogen-bond donors (Lipinski definition) is 4. The van der Waals surface area contributed by atoms with Crippen LogP contribution in [0, 0.1) is 22.7 Å². The minimum Gasteiger partial charge on any atom is -0.347 e. The Morgan fingerprint density at radius 3 is 2.10 bits per heavy atom. The molecule has 1 heterocycles. The Labute approximate surface area is 301 Å². The highest BCUT2D eigenvalue weighted by molar-refractivity contribution is 7.92. The normalized spacial score (nSPS) is 30.6. The van der Waals surface area contributed by atoms with Crippen LogP contribution in [0.4, 0.5) is 4.79 Å². The molecule has 278 valence electrons. The number of Topliss-reactive ketones (excluding diaryl/α,β-unsaturated/α-hetero) is 1. The third kappa shape index (κ3) is 8.79. The number of sulfone groups is 1. The standard InChI is InChI=1S/C36H61N5O7S/c1-10-11-15-24(27(42)30(44)37-22-16-17-22)38-29(43)26-25-23(35(25,8)9)20-41(26)31(45)28(33(2,3)4)39-32(46)40-36(18-13-12-14-19-36)21-49(47,48)34(5,6)7/h22-26,28H,10-21H2,1-9H3,(H,37,44)(H,38,43)(H2,39,40,46)/t23-,24-,25-,26-,28+/m0/s1/i12D2,13D2,14D2. The van der Waals surface area contributed by atoms with Crippen LogP contribution in [0.3, 0.4) is 0 Å². The molecule has 5 atom stereocenters. The van der Waals surface area contributed by atoms with Crippen molar-refractivity contribution in [3.05, 3.63) is 0 Å². The van der Waals surface area contributed by atoms with Crippen LogP contribution in [0.2, 0.25) is 0 Å². The van der Waals surface area contributed by atoms with Gasteiger partial charge in [0, 0.05) is 20.8 Å². The van der Waals surface area contributed by atoms with E-state index in [1.807, 2.05) is 20.8 Å². The third-order valence-corrected chi connectivity index (χ3v) is 13.4. The van der Waals surface area contributed by atoms with E-state index in [1.54, 1.807) is 20.8 Å². The number of nitrogens with one attached hydrogen (secondary N) is 4. The minimum atomic E-state index is -4.15. The molecule has 1 saturated heterocycles. The number of carbonyl (C=O) groups excluding carboxylic acids is 5. The van der Waals surface area contributed by atoms with Gasteiger partial charge in [-0.25, -0.2) is 13.2 Å². The molecule has 5 amide bonds. The molecule has 4 aliphatic rings. The first-order valence-electron chi connectivity index (χ1n) is 20.5. The van der Waals surface area contributed by atoms with Gasteiger partial charge in [0.05, 0.1) is 22.1 Å². The number of hydrogen-bond acceptors (Lipinski definition) is 7. The first-order chi connectivity index (χ1) is 24.8. The zero-order valence-corrected chi connectivity index (χ0v) is 31.4. The molecule has 0 bridgehead atoms. The lowest BCUT2D eigenvalue weighted by atomic mass is 9.83. The fraction of sp³-hybridized carbons (Fsp3) is 0.861. The summed E-state index contributed by atoms with van der Waals surface area (Å²) in [5, 5.41) is 10.6. The van der Waals surface area contributed by atoms with Gasteiger partial charge < -0.3 is 26.2 Å². The lowest BCUT2D eigenvalue weighted by molar-refractivity contribution is -0.145. The summed E-state index contributed by atoms with van der Waals surface area (Å²) in [6, 6.07) is -4.61. The van der Waals surface area contributed by atoms with Crippen molar-refractivity contribution in [2.24, 2.45) is 22.7 Å². The number of nitrogens with zero attached hydrogens (tertiary/aromatic N) is 1. The van der Waals surface area contributed by atoms with Crippen LogP contribution in [0.15, 0.2) is 0 Å². The van der Waals surface area contributed by atoms with E-state index in [0.717, 1.165) is 12.8 Å². The third-order valence-electron chi connectivity index (χ3n) is 10.6. The van der Waals surface area contributed by atoms with E-state index in [9.17, 15) is 32.4 Å². The predicted molar refractivity (Wildman–Crippen MR) is 188 cm³/mol. The molecule has 0 aromatic carbocycles. The van der Waals surface area contributed by atoms with Crippen molar-refractivity contribution < 1.29 is 40.6 Å². The molecule has 3 saturated carbocycles. The van der Waals surface area contributed by atoms with Gasteiger partial charge in [0.25, 0.3) is 5.91 Å².